The minimum Gasteiger partial charge on any atom is -0.388 e. The lowest BCUT2D eigenvalue weighted by Gasteiger charge is -2.14. The maximum Gasteiger partial charge on any atom is 0.416 e. The van der Waals surface area contributed by atoms with Crippen LogP contribution in [0.4, 0.5) is 17.6 Å². The Morgan fingerprint density at radius 1 is 1.29 bits per heavy atom. The molecule has 0 fully saturated rings. The lowest BCUT2D eigenvalue weighted by Crippen LogP contribution is -2.11. The molecule has 0 amide bonds. The van der Waals surface area contributed by atoms with Gasteiger partial charge in [0.2, 0.25) is 0 Å². The summed E-state index contributed by atoms with van der Waals surface area (Å²) in [6.07, 6.45) is -2.65. The summed E-state index contributed by atoms with van der Waals surface area (Å²) in [5.74, 6) is -0.500. The standard InChI is InChI=1S/C14H14F4N2O/c1-2-20-4-3-19-13(20)8-12(21)9-5-10(14(16,17)18)7-11(15)6-9/h3-7,12,21H,2,8H2,1H3. The van der Waals surface area contributed by atoms with Gasteiger partial charge in [-0.3, -0.25) is 0 Å². The predicted octanol–water partition coefficient (Wildman–Crippen LogP) is 3.34. The first-order valence-corrected chi connectivity index (χ1v) is 6.37. The molecule has 2 rings (SSSR count). The number of halogens is 4. The molecule has 7 heteroatoms. The van der Waals surface area contributed by atoms with Gasteiger partial charge in [-0.25, -0.2) is 9.37 Å². The van der Waals surface area contributed by atoms with Crippen molar-refractivity contribution < 1.29 is 22.7 Å². The molecule has 21 heavy (non-hydrogen) atoms. The van der Waals surface area contributed by atoms with Crippen molar-refractivity contribution in [3.63, 3.8) is 0 Å². The van der Waals surface area contributed by atoms with Crippen LogP contribution < -0.4 is 0 Å². The molecule has 0 aliphatic carbocycles. The van der Waals surface area contributed by atoms with Crippen LogP contribution >= 0.6 is 0 Å². The predicted molar refractivity (Wildman–Crippen MR) is 68.0 cm³/mol. The molecule has 3 nitrogen and oxygen atoms in total. The van der Waals surface area contributed by atoms with Gasteiger partial charge in [-0.2, -0.15) is 13.2 Å². The summed E-state index contributed by atoms with van der Waals surface area (Å²) in [6.45, 7) is 2.50. The van der Waals surface area contributed by atoms with Crippen LogP contribution in [0.15, 0.2) is 30.6 Å². The van der Waals surface area contributed by atoms with Gasteiger partial charge in [-0.15, -0.1) is 0 Å². The van der Waals surface area contributed by atoms with E-state index < -0.39 is 23.7 Å². The van der Waals surface area contributed by atoms with Crippen LogP contribution in [0.3, 0.4) is 0 Å². The summed E-state index contributed by atoms with van der Waals surface area (Å²) < 4.78 is 53.0. The largest absolute Gasteiger partial charge is 0.416 e. The van der Waals surface area contributed by atoms with Crippen molar-refractivity contribution in [1.82, 2.24) is 9.55 Å². The average Bonchev–Trinajstić information content (AvgIpc) is 2.84. The molecule has 1 aromatic carbocycles. The zero-order valence-electron chi connectivity index (χ0n) is 11.2. The number of imidazole rings is 1. The molecule has 1 heterocycles. The maximum atomic E-state index is 13.3. The van der Waals surface area contributed by atoms with Gasteiger partial charge in [-0.1, -0.05) is 0 Å². The first kappa shape index (κ1) is 15.5. The van der Waals surface area contributed by atoms with E-state index in [1.165, 1.54) is 6.20 Å². The Morgan fingerprint density at radius 3 is 2.62 bits per heavy atom. The minimum absolute atomic E-state index is 0.0155. The Kier molecular flexibility index (Phi) is 4.32. The second-order valence-corrected chi connectivity index (χ2v) is 4.62. The van der Waals surface area contributed by atoms with Gasteiger partial charge in [0.05, 0.1) is 11.7 Å². The Labute approximate surface area is 118 Å². The summed E-state index contributed by atoms with van der Waals surface area (Å²) in [5.41, 5.74) is -1.23. The number of benzene rings is 1. The van der Waals surface area contributed by atoms with E-state index >= 15 is 0 Å². The van der Waals surface area contributed by atoms with Crippen molar-refractivity contribution >= 4 is 0 Å². The number of aromatic nitrogens is 2. The van der Waals surface area contributed by atoms with Crippen LogP contribution in [-0.4, -0.2) is 14.7 Å². The molecule has 1 unspecified atom stereocenters. The van der Waals surface area contributed by atoms with Gasteiger partial charge in [0.15, 0.2) is 0 Å². The molecular weight excluding hydrogens is 288 g/mol. The third-order valence-corrected chi connectivity index (χ3v) is 3.15. The molecule has 1 N–H and O–H groups in total. The van der Waals surface area contributed by atoms with Gasteiger partial charge in [0.1, 0.15) is 11.6 Å². The first-order valence-electron chi connectivity index (χ1n) is 6.37. The zero-order chi connectivity index (χ0) is 15.6. The van der Waals surface area contributed by atoms with Crippen LogP contribution in [-0.2, 0) is 19.1 Å². The molecule has 0 aliphatic heterocycles. The number of aliphatic hydroxyl groups excluding tert-OH is 1. The fraction of sp³-hybridized carbons (Fsp3) is 0.357. The van der Waals surface area contributed by atoms with E-state index in [1.807, 2.05) is 6.92 Å². The van der Waals surface area contributed by atoms with E-state index in [0.29, 0.717) is 18.4 Å². The van der Waals surface area contributed by atoms with E-state index in [9.17, 15) is 22.7 Å². The first-order chi connectivity index (χ1) is 9.81. The lowest BCUT2D eigenvalue weighted by atomic mass is 10.0. The van der Waals surface area contributed by atoms with Crippen LogP contribution in [0, 0.1) is 5.82 Å². The van der Waals surface area contributed by atoms with Crippen LogP contribution in [0.1, 0.15) is 30.0 Å². The van der Waals surface area contributed by atoms with E-state index in [1.54, 1.807) is 10.8 Å². The molecule has 1 atom stereocenters. The Bertz CT molecular complexity index is 622. The topological polar surface area (TPSA) is 38.0 Å². The SMILES string of the molecule is CCn1ccnc1CC(O)c1cc(F)cc(C(F)(F)F)c1. The number of alkyl halides is 3. The summed E-state index contributed by atoms with van der Waals surface area (Å²) in [4.78, 5) is 4.03. The van der Waals surface area contributed by atoms with Gasteiger partial charge >= 0.3 is 6.18 Å². The third kappa shape index (κ3) is 3.60. The highest BCUT2D eigenvalue weighted by Gasteiger charge is 2.32. The second kappa shape index (κ2) is 5.85. The Hall–Kier alpha value is -1.89. The highest BCUT2D eigenvalue weighted by Crippen LogP contribution is 2.32. The van der Waals surface area contributed by atoms with Crippen molar-refractivity contribution in [2.24, 2.45) is 0 Å². The van der Waals surface area contributed by atoms with Crippen molar-refractivity contribution in [2.45, 2.75) is 32.2 Å². The van der Waals surface area contributed by atoms with Crippen molar-refractivity contribution in [2.75, 3.05) is 0 Å². The second-order valence-electron chi connectivity index (χ2n) is 4.62. The molecule has 2 aromatic rings. The molecule has 0 saturated carbocycles. The normalized spacial score (nSPS) is 13.4. The van der Waals surface area contributed by atoms with Crippen LogP contribution in [0.25, 0.3) is 0 Å². The van der Waals surface area contributed by atoms with Crippen LogP contribution in [0.5, 0.6) is 0 Å². The minimum atomic E-state index is -4.65. The van der Waals surface area contributed by atoms with Crippen molar-refractivity contribution in [1.29, 1.82) is 0 Å². The van der Waals surface area contributed by atoms with Gasteiger partial charge in [0, 0.05) is 25.4 Å². The number of aliphatic hydroxyl groups is 1. The zero-order valence-corrected chi connectivity index (χ0v) is 11.2. The molecule has 0 radical (unpaired) electrons. The van der Waals surface area contributed by atoms with Crippen molar-refractivity contribution in [3.8, 4) is 0 Å². The van der Waals surface area contributed by atoms with E-state index in [2.05, 4.69) is 4.98 Å². The monoisotopic (exact) mass is 302 g/mol. The molecule has 114 valence electrons. The molecule has 0 spiro atoms. The summed E-state index contributed by atoms with van der Waals surface area (Å²) in [6, 6.07) is 2.06. The summed E-state index contributed by atoms with van der Waals surface area (Å²) in [5, 5.41) is 10.0. The third-order valence-electron chi connectivity index (χ3n) is 3.15. The number of hydrogen-bond acceptors (Lipinski definition) is 2. The van der Waals surface area contributed by atoms with E-state index in [0.717, 1.165) is 12.1 Å². The van der Waals surface area contributed by atoms with Crippen LogP contribution in [0.2, 0.25) is 0 Å². The fourth-order valence-electron chi connectivity index (χ4n) is 2.08. The Balaban J connectivity index is 2.27. The van der Waals surface area contributed by atoms with Gasteiger partial charge in [-0.05, 0) is 30.7 Å². The summed E-state index contributed by atoms with van der Waals surface area (Å²) in [7, 11) is 0. The Morgan fingerprint density at radius 2 is 2.00 bits per heavy atom. The quantitative estimate of drug-likeness (QED) is 0.880. The molecule has 0 bridgehead atoms. The van der Waals surface area contributed by atoms with Gasteiger partial charge < -0.3 is 9.67 Å². The molecule has 0 saturated heterocycles. The number of hydrogen-bond donors (Lipinski definition) is 1. The number of nitrogens with zero attached hydrogens (tertiary/aromatic N) is 2. The van der Waals surface area contributed by atoms with Gasteiger partial charge in [0.25, 0.3) is 0 Å². The van der Waals surface area contributed by atoms with E-state index in [4.69, 9.17) is 0 Å². The fourth-order valence-corrected chi connectivity index (χ4v) is 2.08. The highest BCUT2D eigenvalue weighted by atomic mass is 19.4. The lowest BCUT2D eigenvalue weighted by molar-refractivity contribution is -0.137. The molecule has 1 aromatic heterocycles. The smallest absolute Gasteiger partial charge is 0.388 e. The molecular formula is C14H14F4N2O. The number of rotatable bonds is 4. The highest BCUT2D eigenvalue weighted by molar-refractivity contribution is 5.28. The van der Waals surface area contributed by atoms with Crippen molar-refractivity contribution in [3.05, 3.63) is 53.4 Å². The number of aryl methyl sites for hydroxylation is 1. The molecule has 0 aliphatic rings. The summed E-state index contributed by atoms with van der Waals surface area (Å²) >= 11 is 0. The maximum absolute atomic E-state index is 13.3. The van der Waals surface area contributed by atoms with E-state index in [-0.39, 0.29) is 12.0 Å². The average molecular weight is 302 g/mol.